The molecule has 0 aliphatic carbocycles. The molecule has 1 unspecified atom stereocenters. The summed E-state index contributed by atoms with van der Waals surface area (Å²) in [5, 5.41) is 14.6. The van der Waals surface area contributed by atoms with E-state index in [1.54, 1.807) is 0 Å². The van der Waals surface area contributed by atoms with E-state index in [0.717, 1.165) is 21.0 Å². The number of hydrogen-bond acceptors (Lipinski definition) is 6. The van der Waals surface area contributed by atoms with Gasteiger partial charge in [0.1, 0.15) is 10.3 Å². The van der Waals surface area contributed by atoms with Crippen molar-refractivity contribution >= 4 is 45.7 Å². The predicted octanol–water partition coefficient (Wildman–Crippen LogP) is 5.50. The summed E-state index contributed by atoms with van der Waals surface area (Å²) >= 11 is 2.78. The first-order valence-electron chi connectivity index (χ1n) is 10.3. The first kappa shape index (κ1) is 22.7. The molecule has 0 fully saturated rings. The Hall–Kier alpha value is -3.49. The molecule has 0 spiro atoms. The Kier molecular flexibility index (Phi) is 7.49. The van der Waals surface area contributed by atoms with Gasteiger partial charge in [0.2, 0.25) is 16.9 Å². The molecule has 2 amide bonds. The molecule has 1 heterocycles. The highest BCUT2D eigenvalue weighted by molar-refractivity contribution is 8.00. The van der Waals surface area contributed by atoms with Crippen LogP contribution in [0.25, 0.3) is 0 Å². The fourth-order valence-corrected chi connectivity index (χ4v) is 4.78. The summed E-state index contributed by atoms with van der Waals surface area (Å²) in [4.78, 5) is 26.3. The molecule has 3 aromatic carbocycles. The van der Waals surface area contributed by atoms with Crippen LogP contribution in [0, 0.1) is 6.92 Å². The topological polar surface area (TPSA) is 84.0 Å². The molecule has 166 valence electrons. The highest BCUT2D eigenvalue weighted by Crippen LogP contribution is 2.37. The van der Waals surface area contributed by atoms with Crippen molar-refractivity contribution < 1.29 is 9.59 Å². The summed E-state index contributed by atoms with van der Waals surface area (Å²) in [7, 11) is 0. The number of nitrogens with one attached hydrogen (secondary N) is 2. The number of amides is 2. The average Bonchev–Trinajstić information content (AvgIpc) is 3.24. The van der Waals surface area contributed by atoms with Crippen LogP contribution in [0.15, 0.2) is 89.8 Å². The fraction of sp³-hybridized carbons (Fsp3) is 0.120. The van der Waals surface area contributed by atoms with Crippen LogP contribution in [0.4, 0.5) is 10.8 Å². The molecule has 2 N–H and O–H groups in total. The lowest BCUT2D eigenvalue weighted by Gasteiger charge is -2.16. The van der Waals surface area contributed by atoms with Crippen molar-refractivity contribution in [3.05, 3.63) is 101 Å². The first-order valence-corrected chi connectivity index (χ1v) is 12.0. The number of thioether (sulfide) groups is 1. The van der Waals surface area contributed by atoms with Crippen molar-refractivity contribution in [2.24, 2.45) is 0 Å². The van der Waals surface area contributed by atoms with Crippen molar-refractivity contribution in [2.75, 3.05) is 10.6 Å². The minimum Gasteiger partial charge on any atom is -0.326 e. The monoisotopic (exact) mass is 474 g/mol. The predicted molar refractivity (Wildman–Crippen MR) is 134 cm³/mol. The molecule has 1 aromatic heterocycles. The van der Waals surface area contributed by atoms with Crippen LogP contribution < -0.4 is 10.6 Å². The van der Waals surface area contributed by atoms with Gasteiger partial charge >= 0.3 is 0 Å². The highest BCUT2D eigenvalue weighted by Gasteiger charge is 2.23. The molecule has 0 saturated heterocycles. The Labute approximate surface area is 200 Å². The zero-order valence-electron chi connectivity index (χ0n) is 17.9. The zero-order chi connectivity index (χ0) is 23.0. The number of carbonyl (C=O) groups excluding carboxylic acids is 2. The number of benzene rings is 3. The van der Waals surface area contributed by atoms with Crippen molar-refractivity contribution in [3.8, 4) is 0 Å². The van der Waals surface area contributed by atoms with Gasteiger partial charge in [-0.3, -0.25) is 14.9 Å². The minimum atomic E-state index is -0.464. The van der Waals surface area contributed by atoms with Gasteiger partial charge in [-0.2, -0.15) is 0 Å². The maximum Gasteiger partial charge on any atom is 0.244 e. The van der Waals surface area contributed by atoms with Crippen LogP contribution in [-0.4, -0.2) is 22.0 Å². The van der Waals surface area contributed by atoms with Gasteiger partial charge in [-0.1, -0.05) is 72.0 Å². The normalized spacial score (nSPS) is 11.5. The lowest BCUT2D eigenvalue weighted by Crippen LogP contribution is -2.19. The van der Waals surface area contributed by atoms with Gasteiger partial charge in [-0.05, 0) is 42.3 Å². The number of anilines is 2. The van der Waals surface area contributed by atoms with Gasteiger partial charge in [0.25, 0.3) is 0 Å². The summed E-state index contributed by atoms with van der Waals surface area (Å²) in [6.07, 6.45) is 0.318. The average molecular weight is 475 g/mol. The number of aromatic nitrogens is 2. The molecule has 0 saturated carbocycles. The molecule has 1 atom stereocenters. The molecule has 4 aromatic rings. The molecule has 33 heavy (non-hydrogen) atoms. The largest absolute Gasteiger partial charge is 0.326 e. The van der Waals surface area contributed by atoms with Crippen molar-refractivity contribution in [3.63, 3.8) is 0 Å². The standard InChI is InChI=1S/C25H22N4O2S2/c1-17-28-29-25(32-17)27-24(31)23(19-10-6-3-7-11-19)33-21-14-12-20(13-15-21)26-22(30)16-18-8-4-2-5-9-18/h2-15,23H,16H2,1H3,(H,26,30)(H,27,29,31). The molecule has 0 aliphatic rings. The van der Waals surface area contributed by atoms with Crippen LogP contribution in [0.1, 0.15) is 21.4 Å². The second-order valence-corrected chi connectivity index (χ2v) is 9.62. The van der Waals surface area contributed by atoms with E-state index >= 15 is 0 Å². The van der Waals surface area contributed by atoms with Crippen molar-refractivity contribution in [1.82, 2.24) is 10.2 Å². The molecular formula is C25H22N4O2S2. The highest BCUT2D eigenvalue weighted by atomic mass is 32.2. The van der Waals surface area contributed by atoms with Crippen LogP contribution in [0.5, 0.6) is 0 Å². The summed E-state index contributed by atoms with van der Waals surface area (Å²) in [5.74, 6) is -0.238. The van der Waals surface area contributed by atoms with Crippen molar-refractivity contribution in [1.29, 1.82) is 0 Å². The van der Waals surface area contributed by atoms with Crippen molar-refractivity contribution in [2.45, 2.75) is 23.5 Å². The molecule has 6 nitrogen and oxygen atoms in total. The van der Waals surface area contributed by atoms with E-state index in [1.807, 2.05) is 91.9 Å². The van der Waals surface area contributed by atoms with Gasteiger partial charge < -0.3 is 5.32 Å². The van der Waals surface area contributed by atoms with E-state index in [1.165, 1.54) is 23.1 Å². The minimum absolute atomic E-state index is 0.0736. The summed E-state index contributed by atoms with van der Waals surface area (Å²) in [5.41, 5.74) is 2.57. The van der Waals surface area contributed by atoms with E-state index in [0.29, 0.717) is 17.2 Å². The van der Waals surface area contributed by atoms with Crippen LogP contribution in [-0.2, 0) is 16.0 Å². The molecular weight excluding hydrogens is 452 g/mol. The van der Waals surface area contributed by atoms with Crippen LogP contribution in [0.2, 0.25) is 0 Å². The Balaban J connectivity index is 1.43. The smallest absolute Gasteiger partial charge is 0.244 e. The molecule has 0 bridgehead atoms. The Morgan fingerprint density at radius 3 is 2.18 bits per heavy atom. The van der Waals surface area contributed by atoms with Gasteiger partial charge in [0.05, 0.1) is 6.42 Å². The van der Waals surface area contributed by atoms with E-state index in [-0.39, 0.29) is 11.8 Å². The number of nitrogens with zero attached hydrogens (tertiary/aromatic N) is 2. The lowest BCUT2D eigenvalue weighted by molar-refractivity contribution is -0.116. The zero-order valence-corrected chi connectivity index (χ0v) is 19.5. The van der Waals surface area contributed by atoms with Gasteiger partial charge in [0, 0.05) is 10.6 Å². The summed E-state index contributed by atoms with van der Waals surface area (Å²) < 4.78 is 0. The van der Waals surface area contributed by atoms with E-state index in [4.69, 9.17) is 0 Å². The third kappa shape index (κ3) is 6.50. The molecule has 0 radical (unpaired) electrons. The number of aryl methyl sites for hydroxylation is 1. The lowest BCUT2D eigenvalue weighted by atomic mass is 10.1. The third-order valence-corrected chi connectivity index (χ3v) is 6.72. The van der Waals surface area contributed by atoms with Gasteiger partial charge in [0.15, 0.2) is 0 Å². The Morgan fingerprint density at radius 2 is 1.55 bits per heavy atom. The molecule has 4 rings (SSSR count). The quantitative estimate of drug-likeness (QED) is 0.330. The SMILES string of the molecule is Cc1nnc(NC(=O)C(Sc2ccc(NC(=O)Cc3ccccc3)cc2)c2ccccc2)s1. The molecule has 8 heteroatoms. The number of carbonyl (C=O) groups is 2. The maximum atomic E-state index is 13.1. The second kappa shape index (κ2) is 10.9. The summed E-state index contributed by atoms with van der Waals surface area (Å²) in [6, 6.07) is 26.7. The van der Waals surface area contributed by atoms with Crippen LogP contribution >= 0.6 is 23.1 Å². The maximum absolute atomic E-state index is 13.1. The number of hydrogen-bond donors (Lipinski definition) is 2. The van der Waals surface area contributed by atoms with Crippen LogP contribution in [0.3, 0.4) is 0 Å². The first-order chi connectivity index (χ1) is 16.1. The second-order valence-electron chi connectivity index (χ2n) is 7.26. The van der Waals surface area contributed by atoms with E-state index in [2.05, 4.69) is 20.8 Å². The number of rotatable bonds is 8. The summed E-state index contributed by atoms with van der Waals surface area (Å²) in [6.45, 7) is 1.84. The van der Waals surface area contributed by atoms with E-state index < -0.39 is 5.25 Å². The van der Waals surface area contributed by atoms with Gasteiger partial charge in [-0.15, -0.1) is 22.0 Å². The fourth-order valence-electron chi connectivity index (χ4n) is 3.16. The Bertz CT molecular complexity index is 1210. The Morgan fingerprint density at radius 1 is 0.879 bits per heavy atom. The molecule has 0 aliphatic heterocycles. The third-order valence-electron chi connectivity index (χ3n) is 4.70. The van der Waals surface area contributed by atoms with Gasteiger partial charge in [-0.25, -0.2) is 0 Å². The van der Waals surface area contributed by atoms with E-state index in [9.17, 15) is 9.59 Å².